The Morgan fingerprint density at radius 1 is 1.50 bits per heavy atom. The molecule has 0 aromatic heterocycles. The molecule has 1 aromatic carbocycles. The number of hydrogen-bond donors (Lipinski definition) is 2. The van der Waals surface area contributed by atoms with Crippen LogP contribution < -0.4 is 5.32 Å². The van der Waals surface area contributed by atoms with Gasteiger partial charge in [-0.15, -0.1) is 0 Å². The van der Waals surface area contributed by atoms with E-state index < -0.39 is 6.10 Å². The lowest BCUT2D eigenvalue weighted by molar-refractivity contribution is 0.0587. The van der Waals surface area contributed by atoms with E-state index in [1.165, 1.54) is 6.07 Å². The van der Waals surface area contributed by atoms with Crippen LogP contribution in [0.3, 0.4) is 0 Å². The van der Waals surface area contributed by atoms with E-state index in [2.05, 4.69) is 5.32 Å². The molecule has 0 saturated heterocycles. The molecule has 4 heteroatoms. The van der Waals surface area contributed by atoms with Crippen molar-refractivity contribution in [3.8, 4) is 6.07 Å². The molecular formula is C14H18N2O2. The number of nitriles is 1. The second-order valence-electron chi connectivity index (χ2n) is 5.28. The first-order valence-electron chi connectivity index (χ1n) is 5.81. The van der Waals surface area contributed by atoms with Crippen LogP contribution in [0.5, 0.6) is 0 Å². The number of nitrogens with one attached hydrogen (secondary N) is 1. The Balaban J connectivity index is 2.64. The number of amides is 1. The summed E-state index contributed by atoms with van der Waals surface area (Å²) in [7, 11) is 0. The first-order valence-corrected chi connectivity index (χ1v) is 5.81. The normalized spacial score (nSPS) is 12.6. The van der Waals surface area contributed by atoms with Crippen molar-refractivity contribution in [2.75, 3.05) is 6.54 Å². The Bertz CT molecular complexity index is 469. The number of hydrogen-bond acceptors (Lipinski definition) is 3. The Labute approximate surface area is 107 Å². The van der Waals surface area contributed by atoms with Crippen LogP contribution >= 0.6 is 0 Å². The summed E-state index contributed by atoms with van der Waals surface area (Å²) in [6.07, 6.45) is -0.611. The lowest BCUT2D eigenvalue weighted by Crippen LogP contribution is -2.39. The van der Waals surface area contributed by atoms with Crippen molar-refractivity contribution in [1.29, 1.82) is 5.26 Å². The van der Waals surface area contributed by atoms with E-state index in [0.717, 1.165) is 0 Å². The summed E-state index contributed by atoms with van der Waals surface area (Å²) in [5, 5.41) is 21.2. The number of carbonyl (C=O) groups excluding carboxylic acids is 1. The van der Waals surface area contributed by atoms with Gasteiger partial charge in [0.2, 0.25) is 0 Å². The molecule has 1 rings (SSSR count). The number of rotatable bonds is 3. The molecule has 96 valence electrons. The zero-order valence-corrected chi connectivity index (χ0v) is 10.9. The van der Waals surface area contributed by atoms with Crippen molar-refractivity contribution >= 4 is 5.91 Å². The quantitative estimate of drug-likeness (QED) is 0.852. The Morgan fingerprint density at radius 3 is 2.72 bits per heavy atom. The molecule has 1 aromatic rings. The van der Waals surface area contributed by atoms with Gasteiger partial charge in [-0.1, -0.05) is 26.8 Å². The molecule has 0 heterocycles. The fourth-order valence-electron chi connectivity index (χ4n) is 1.33. The minimum atomic E-state index is -0.611. The van der Waals surface area contributed by atoms with Gasteiger partial charge in [-0.2, -0.15) is 5.26 Å². The predicted molar refractivity (Wildman–Crippen MR) is 69.0 cm³/mol. The van der Waals surface area contributed by atoms with E-state index >= 15 is 0 Å². The standard InChI is InChI=1S/C14H18N2O2/c1-14(2,3)12(17)9-16-13(18)11-6-4-5-10(7-11)8-15/h4-7,12,17H,9H2,1-3H3,(H,16,18). The maximum Gasteiger partial charge on any atom is 0.251 e. The van der Waals surface area contributed by atoms with Crippen molar-refractivity contribution in [3.05, 3.63) is 35.4 Å². The van der Waals surface area contributed by atoms with E-state index in [1.807, 2.05) is 26.8 Å². The molecule has 2 N–H and O–H groups in total. The molecule has 0 radical (unpaired) electrons. The van der Waals surface area contributed by atoms with Crippen LogP contribution in [0.1, 0.15) is 36.7 Å². The summed E-state index contributed by atoms with van der Waals surface area (Å²) in [5.74, 6) is -0.282. The number of nitrogens with zero attached hydrogens (tertiary/aromatic N) is 1. The molecule has 18 heavy (non-hydrogen) atoms. The van der Waals surface area contributed by atoms with Gasteiger partial charge in [0, 0.05) is 12.1 Å². The maximum absolute atomic E-state index is 11.8. The fourth-order valence-corrected chi connectivity index (χ4v) is 1.33. The molecule has 0 aliphatic rings. The van der Waals surface area contributed by atoms with Gasteiger partial charge in [-0.05, 0) is 23.6 Å². The number of aliphatic hydroxyl groups excluding tert-OH is 1. The second-order valence-corrected chi connectivity index (χ2v) is 5.28. The highest BCUT2D eigenvalue weighted by atomic mass is 16.3. The molecule has 0 bridgehead atoms. The Morgan fingerprint density at radius 2 is 2.17 bits per heavy atom. The fraction of sp³-hybridized carbons (Fsp3) is 0.429. The summed E-state index contributed by atoms with van der Waals surface area (Å²) in [6, 6.07) is 8.45. The first-order chi connectivity index (χ1) is 8.34. The lowest BCUT2D eigenvalue weighted by atomic mass is 9.89. The Kier molecular flexibility index (Phi) is 4.46. The van der Waals surface area contributed by atoms with Crippen LogP contribution in [0.2, 0.25) is 0 Å². The number of benzene rings is 1. The maximum atomic E-state index is 11.8. The van der Waals surface area contributed by atoms with Crippen LogP contribution in [0.15, 0.2) is 24.3 Å². The highest BCUT2D eigenvalue weighted by molar-refractivity contribution is 5.94. The van der Waals surface area contributed by atoms with Gasteiger partial charge in [-0.25, -0.2) is 0 Å². The third-order valence-electron chi connectivity index (χ3n) is 2.71. The topological polar surface area (TPSA) is 73.1 Å². The number of carbonyl (C=O) groups is 1. The zero-order valence-electron chi connectivity index (χ0n) is 10.9. The van der Waals surface area contributed by atoms with Gasteiger partial charge in [0.15, 0.2) is 0 Å². The molecular weight excluding hydrogens is 228 g/mol. The van der Waals surface area contributed by atoms with Gasteiger partial charge in [0.1, 0.15) is 0 Å². The predicted octanol–water partition coefficient (Wildman–Crippen LogP) is 1.70. The van der Waals surface area contributed by atoms with Crippen molar-refractivity contribution in [2.24, 2.45) is 5.41 Å². The molecule has 0 spiro atoms. The second kappa shape index (κ2) is 5.65. The third-order valence-corrected chi connectivity index (χ3v) is 2.71. The van der Waals surface area contributed by atoms with Gasteiger partial charge in [0.25, 0.3) is 5.91 Å². The summed E-state index contributed by atoms with van der Waals surface area (Å²) < 4.78 is 0. The third kappa shape index (κ3) is 3.86. The van der Waals surface area contributed by atoms with Crippen LogP contribution in [0.4, 0.5) is 0 Å². The van der Waals surface area contributed by atoms with Crippen LogP contribution in [-0.2, 0) is 0 Å². The molecule has 4 nitrogen and oxygen atoms in total. The molecule has 0 saturated carbocycles. The minimum absolute atomic E-state index is 0.194. The van der Waals surface area contributed by atoms with E-state index in [9.17, 15) is 9.90 Å². The van der Waals surface area contributed by atoms with Crippen molar-refractivity contribution in [1.82, 2.24) is 5.32 Å². The van der Waals surface area contributed by atoms with Gasteiger partial charge >= 0.3 is 0 Å². The van der Waals surface area contributed by atoms with Crippen LogP contribution in [-0.4, -0.2) is 23.7 Å². The molecule has 1 atom stereocenters. The van der Waals surface area contributed by atoms with Crippen molar-refractivity contribution < 1.29 is 9.90 Å². The molecule has 0 fully saturated rings. The summed E-state index contributed by atoms with van der Waals surface area (Å²) in [4.78, 5) is 11.8. The minimum Gasteiger partial charge on any atom is -0.391 e. The Hall–Kier alpha value is -1.86. The van der Waals surface area contributed by atoms with Crippen molar-refractivity contribution in [3.63, 3.8) is 0 Å². The van der Waals surface area contributed by atoms with Crippen LogP contribution in [0.25, 0.3) is 0 Å². The summed E-state index contributed by atoms with van der Waals surface area (Å²) in [5.41, 5.74) is 0.594. The average Bonchev–Trinajstić information content (AvgIpc) is 2.34. The van der Waals surface area contributed by atoms with Gasteiger partial charge in [0.05, 0.1) is 17.7 Å². The van der Waals surface area contributed by atoms with Crippen LogP contribution in [0, 0.1) is 16.7 Å². The van der Waals surface area contributed by atoms with Gasteiger partial charge in [-0.3, -0.25) is 4.79 Å². The van der Waals surface area contributed by atoms with E-state index in [0.29, 0.717) is 11.1 Å². The number of aliphatic hydroxyl groups is 1. The molecule has 0 aliphatic heterocycles. The van der Waals surface area contributed by atoms with E-state index in [1.54, 1.807) is 18.2 Å². The summed E-state index contributed by atoms with van der Waals surface area (Å²) >= 11 is 0. The molecule has 1 unspecified atom stereocenters. The first kappa shape index (κ1) is 14.2. The smallest absolute Gasteiger partial charge is 0.251 e. The summed E-state index contributed by atoms with van der Waals surface area (Å²) in [6.45, 7) is 5.90. The van der Waals surface area contributed by atoms with E-state index in [-0.39, 0.29) is 17.9 Å². The van der Waals surface area contributed by atoms with Crippen molar-refractivity contribution in [2.45, 2.75) is 26.9 Å². The lowest BCUT2D eigenvalue weighted by Gasteiger charge is -2.25. The highest BCUT2D eigenvalue weighted by Gasteiger charge is 2.22. The largest absolute Gasteiger partial charge is 0.391 e. The monoisotopic (exact) mass is 246 g/mol. The highest BCUT2D eigenvalue weighted by Crippen LogP contribution is 2.18. The molecule has 0 aliphatic carbocycles. The average molecular weight is 246 g/mol. The zero-order chi connectivity index (χ0) is 13.8. The van der Waals surface area contributed by atoms with E-state index in [4.69, 9.17) is 5.26 Å². The van der Waals surface area contributed by atoms with Gasteiger partial charge < -0.3 is 10.4 Å². The molecule has 1 amide bonds. The SMILES string of the molecule is CC(C)(C)C(O)CNC(=O)c1cccc(C#N)c1.